The molecule has 0 aliphatic carbocycles. The number of esters is 1. The number of aryl methyl sites for hydroxylation is 1. The Balaban J connectivity index is 2.09. The lowest BCUT2D eigenvalue weighted by atomic mass is 10.2. The number of aromatic nitrogens is 3. The lowest BCUT2D eigenvalue weighted by molar-refractivity contribution is -0.145. The quantitative estimate of drug-likeness (QED) is 0.777. The van der Waals surface area contributed by atoms with Crippen molar-refractivity contribution in [3.63, 3.8) is 0 Å². The van der Waals surface area contributed by atoms with Crippen molar-refractivity contribution in [2.45, 2.75) is 6.92 Å². The summed E-state index contributed by atoms with van der Waals surface area (Å²) in [4.78, 5) is 15.1. The molecule has 2 aromatic heterocycles. The molecule has 0 aromatic carbocycles. The van der Waals surface area contributed by atoms with Gasteiger partial charge < -0.3 is 9.47 Å². The van der Waals surface area contributed by atoms with Crippen molar-refractivity contribution in [1.82, 2.24) is 14.8 Å². The van der Waals surface area contributed by atoms with Gasteiger partial charge in [-0.1, -0.05) is 0 Å². The van der Waals surface area contributed by atoms with Crippen molar-refractivity contribution in [3.8, 4) is 17.3 Å². The van der Waals surface area contributed by atoms with Crippen LogP contribution in [0.15, 0.2) is 24.4 Å². The number of carbonyl (C=O) groups is 1. The standard InChI is InChI=1S/C13H14FN3O3/c1-3-19-13(18)8-20-12-6-11(17(2)16-12)10-5-4-9(14)7-15-10/h4-7H,3,8H2,1-2H3. The molecule has 0 fully saturated rings. The van der Waals surface area contributed by atoms with Crippen molar-refractivity contribution < 1.29 is 18.7 Å². The van der Waals surface area contributed by atoms with Crippen LogP contribution in [0.4, 0.5) is 4.39 Å². The molecule has 0 radical (unpaired) electrons. The summed E-state index contributed by atoms with van der Waals surface area (Å²) in [7, 11) is 1.71. The molecule has 0 unspecified atom stereocenters. The molecule has 0 N–H and O–H groups in total. The average Bonchev–Trinajstić information content (AvgIpc) is 2.79. The van der Waals surface area contributed by atoms with E-state index in [1.54, 1.807) is 30.8 Å². The van der Waals surface area contributed by atoms with Crippen LogP contribution < -0.4 is 4.74 Å². The van der Waals surface area contributed by atoms with Gasteiger partial charge in [-0.15, -0.1) is 5.10 Å². The summed E-state index contributed by atoms with van der Waals surface area (Å²) in [5, 5.41) is 4.09. The highest BCUT2D eigenvalue weighted by Crippen LogP contribution is 2.21. The third kappa shape index (κ3) is 3.31. The van der Waals surface area contributed by atoms with Crippen LogP contribution in [0, 0.1) is 5.82 Å². The van der Waals surface area contributed by atoms with E-state index >= 15 is 0 Å². The Morgan fingerprint density at radius 1 is 1.45 bits per heavy atom. The number of rotatable bonds is 5. The smallest absolute Gasteiger partial charge is 0.344 e. The van der Waals surface area contributed by atoms with Crippen LogP contribution in [0.3, 0.4) is 0 Å². The van der Waals surface area contributed by atoms with E-state index in [1.165, 1.54) is 6.07 Å². The van der Waals surface area contributed by atoms with Crippen LogP contribution in [0.1, 0.15) is 6.92 Å². The van der Waals surface area contributed by atoms with Gasteiger partial charge in [-0.3, -0.25) is 9.67 Å². The normalized spacial score (nSPS) is 10.3. The molecule has 0 atom stereocenters. The second kappa shape index (κ2) is 6.14. The van der Waals surface area contributed by atoms with E-state index in [4.69, 9.17) is 9.47 Å². The molecule has 2 aromatic rings. The fourth-order valence-electron chi connectivity index (χ4n) is 1.61. The third-order valence-electron chi connectivity index (χ3n) is 2.49. The number of ether oxygens (including phenoxy) is 2. The van der Waals surface area contributed by atoms with Crippen LogP contribution >= 0.6 is 0 Å². The van der Waals surface area contributed by atoms with Gasteiger partial charge in [0.2, 0.25) is 5.88 Å². The predicted octanol–water partition coefficient (Wildman–Crippen LogP) is 1.56. The summed E-state index contributed by atoms with van der Waals surface area (Å²) in [6.45, 7) is 1.81. The molecule has 106 valence electrons. The fraction of sp³-hybridized carbons (Fsp3) is 0.308. The second-order valence-electron chi connectivity index (χ2n) is 3.95. The molecule has 6 nitrogen and oxygen atoms in total. The first-order valence-electron chi connectivity index (χ1n) is 6.04. The monoisotopic (exact) mass is 279 g/mol. The Morgan fingerprint density at radius 2 is 2.25 bits per heavy atom. The Kier molecular flexibility index (Phi) is 4.29. The van der Waals surface area contributed by atoms with E-state index in [0.717, 1.165) is 6.20 Å². The molecule has 0 saturated carbocycles. The SMILES string of the molecule is CCOC(=O)COc1cc(-c2ccc(F)cn2)n(C)n1. The van der Waals surface area contributed by atoms with E-state index < -0.39 is 11.8 Å². The van der Waals surface area contributed by atoms with Gasteiger partial charge >= 0.3 is 5.97 Å². The molecular weight excluding hydrogens is 265 g/mol. The van der Waals surface area contributed by atoms with E-state index in [-0.39, 0.29) is 12.5 Å². The summed E-state index contributed by atoms with van der Waals surface area (Å²) in [5.41, 5.74) is 1.22. The third-order valence-corrected chi connectivity index (χ3v) is 2.49. The number of hydrogen-bond donors (Lipinski definition) is 0. The molecule has 0 spiro atoms. The van der Waals surface area contributed by atoms with E-state index in [9.17, 15) is 9.18 Å². The largest absolute Gasteiger partial charge is 0.465 e. The van der Waals surface area contributed by atoms with Crippen LogP contribution in [-0.4, -0.2) is 33.9 Å². The molecular formula is C13H14FN3O3. The van der Waals surface area contributed by atoms with E-state index in [2.05, 4.69) is 10.1 Å². The maximum absolute atomic E-state index is 12.8. The molecule has 2 rings (SSSR count). The average molecular weight is 279 g/mol. The van der Waals surface area contributed by atoms with Gasteiger partial charge in [-0.2, -0.15) is 0 Å². The fourth-order valence-corrected chi connectivity index (χ4v) is 1.61. The van der Waals surface area contributed by atoms with Crippen molar-refractivity contribution in [1.29, 1.82) is 0 Å². The molecule has 0 aliphatic heterocycles. The van der Waals surface area contributed by atoms with Crippen molar-refractivity contribution >= 4 is 5.97 Å². The minimum absolute atomic E-state index is 0.207. The summed E-state index contributed by atoms with van der Waals surface area (Å²) >= 11 is 0. The zero-order chi connectivity index (χ0) is 14.5. The van der Waals surface area contributed by atoms with Gasteiger partial charge in [0.25, 0.3) is 0 Å². The lowest BCUT2D eigenvalue weighted by Gasteiger charge is -2.01. The van der Waals surface area contributed by atoms with E-state index in [0.29, 0.717) is 18.0 Å². The summed E-state index contributed by atoms with van der Waals surface area (Å²) in [6.07, 6.45) is 1.13. The van der Waals surface area contributed by atoms with Gasteiger partial charge in [0.05, 0.1) is 24.2 Å². The summed E-state index contributed by atoms with van der Waals surface area (Å²) in [6, 6.07) is 4.48. The molecule has 0 amide bonds. The number of hydrogen-bond acceptors (Lipinski definition) is 5. The molecule has 20 heavy (non-hydrogen) atoms. The van der Waals surface area contributed by atoms with Gasteiger partial charge in [0.15, 0.2) is 6.61 Å². The maximum atomic E-state index is 12.8. The van der Waals surface area contributed by atoms with Gasteiger partial charge in [0, 0.05) is 13.1 Å². The molecule has 2 heterocycles. The first-order valence-corrected chi connectivity index (χ1v) is 6.04. The van der Waals surface area contributed by atoms with Crippen LogP contribution in [0.5, 0.6) is 5.88 Å². The molecule has 0 bridgehead atoms. The molecule has 0 saturated heterocycles. The van der Waals surface area contributed by atoms with Crippen molar-refractivity contribution in [2.75, 3.05) is 13.2 Å². The van der Waals surface area contributed by atoms with Gasteiger partial charge in [-0.25, -0.2) is 9.18 Å². The van der Waals surface area contributed by atoms with Gasteiger partial charge in [-0.05, 0) is 19.1 Å². The van der Waals surface area contributed by atoms with Crippen LogP contribution in [0.25, 0.3) is 11.4 Å². The first kappa shape index (κ1) is 14.0. The number of carbonyl (C=O) groups excluding carboxylic acids is 1. The van der Waals surface area contributed by atoms with Crippen LogP contribution in [0.2, 0.25) is 0 Å². The predicted molar refractivity (Wildman–Crippen MR) is 68.5 cm³/mol. The van der Waals surface area contributed by atoms with Crippen LogP contribution in [-0.2, 0) is 16.6 Å². The highest BCUT2D eigenvalue weighted by Gasteiger charge is 2.11. The first-order chi connectivity index (χ1) is 9.60. The number of pyridine rings is 1. The topological polar surface area (TPSA) is 66.2 Å². The highest BCUT2D eigenvalue weighted by molar-refractivity contribution is 5.71. The summed E-state index contributed by atoms with van der Waals surface area (Å²) < 4.78 is 24.3. The Labute approximate surface area is 115 Å². The van der Waals surface area contributed by atoms with E-state index in [1.807, 2.05) is 0 Å². The number of nitrogens with zero attached hydrogens (tertiary/aromatic N) is 3. The molecule has 0 aliphatic rings. The Bertz CT molecular complexity index is 595. The Hall–Kier alpha value is -2.44. The zero-order valence-electron chi connectivity index (χ0n) is 11.2. The Morgan fingerprint density at radius 3 is 2.90 bits per heavy atom. The number of halogens is 1. The van der Waals surface area contributed by atoms with Crippen molar-refractivity contribution in [3.05, 3.63) is 30.2 Å². The zero-order valence-corrected chi connectivity index (χ0v) is 11.2. The minimum atomic E-state index is -0.459. The molecule has 7 heteroatoms. The second-order valence-corrected chi connectivity index (χ2v) is 3.95. The highest BCUT2D eigenvalue weighted by atomic mass is 19.1. The minimum Gasteiger partial charge on any atom is -0.465 e. The lowest BCUT2D eigenvalue weighted by Crippen LogP contribution is -2.14. The summed E-state index contributed by atoms with van der Waals surface area (Å²) in [5.74, 6) is -0.587. The van der Waals surface area contributed by atoms with Crippen molar-refractivity contribution in [2.24, 2.45) is 7.05 Å². The maximum Gasteiger partial charge on any atom is 0.344 e. The van der Waals surface area contributed by atoms with Gasteiger partial charge in [0.1, 0.15) is 5.82 Å².